The molecular weight excluding hydrogens is 510 g/mol. The Bertz CT molecular complexity index is 1340. The highest BCUT2D eigenvalue weighted by molar-refractivity contribution is 7.88. The summed E-state index contributed by atoms with van der Waals surface area (Å²) in [6, 6.07) is 17.0. The van der Waals surface area contributed by atoms with Crippen LogP contribution in [0.5, 0.6) is 0 Å². The third kappa shape index (κ3) is 7.29. The molecule has 0 saturated carbocycles. The molecule has 3 aromatic rings. The van der Waals surface area contributed by atoms with E-state index in [1.54, 1.807) is 11.1 Å². The molecule has 0 aliphatic carbocycles. The van der Waals surface area contributed by atoms with Crippen LogP contribution in [-0.4, -0.2) is 61.1 Å². The van der Waals surface area contributed by atoms with Crippen molar-refractivity contribution in [2.24, 2.45) is 0 Å². The maximum atomic E-state index is 13.4. The summed E-state index contributed by atoms with van der Waals surface area (Å²) in [5, 5.41) is 3.51. The maximum Gasteiger partial charge on any atom is 0.326 e. The zero-order valence-electron chi connectivity index (χ0n) is 21.3. The van der Waals surface area contributed by atoms with Crippen LogP contribution < -0.4 is 10.2 Å². The summed E-state index contributed by atoms with van der Waals surface area (Å²) >= 11 is 6.59. The highest BCUT2D eigenvalue weighted by Gasteiger charge is 2.24. The fourth-order valence-corrected chi connectivity index (χ4v) is 5.24. The number of sulfonamides is 1. The Morgan fingerprint density at radius 1 is 1.03 bits per heavy atom. The monoisotopic (exact) mass is 541 g/mol. The van der Waals surface area contributed by atoms with Crippen LogP contribution in [0.3, 0.4) is 0 Å². The van der Waals surface area contributed by atoms with Gasteiger partial charge in [-0.05, 0) is 55.3 Å². The molecule has 0 atom stereocenters. The number of amides is 2. The Morgan fingerprint density at radius 2 is 1.73 bits per heavy atom. The predicted octanol–water partition coefficient (Wildman–Crippen LogP) is 4.67. The Labute approximate surface area is 223 Å². The summed E-state index contributed by atoms with van der Waals surface area (Å²) in [7, 11) is -3.17. The van der Waals surface area contributed by atoms with Crippen LogP contribution in [0.25, 0.3) is 0 Å². The van der Waals surface area contributed by atoms with Crippen molar-refractivity contribution >= 4 is 39.0 Å². The lowest BCUT2D eigenvalue weighted by molar-refractivity contribution is 0.182. The van der Waals surface area contributed by atoms with Gasteiger partial charge in [0.2, 0.25) is 10.0 Å². The van der Waals surface area contributed by atoms with Gasteiger partial charge in [-0.15, -0.1) is 0 Å². The van der Waals surface area contributed by atoms with Gasteiger partial charge in [0.1, 0.15) is 0 Å². The first-order valence-corrected chi connectivity index (χ1v) is 14.3. The number of halogens is 1. The van der Waals surface area contributed by atoms with Crippen molar-refractivity contribution in [1.29, 1.82) is 0 Å². The molecule has 1 aromatic heterocycles. The third-order valence-electron chi connectivity index (χ3n) is 6.40. The topological polar surface area (TPSA) is 85.8 Å². The van der Waals surface area contributed by atoms with Gasteiger partial charge in [0.05, 0.1) is 24.7 Å². The highest BCUT2D eigenvalue weighted by Crippen LogP contribution is 2.25. The van der Waals surface area contributed by atoms with Crippen LogP contribution in [0, 0.1) is 13.8 Å². The van der Waals surface area contributed by atoms with E-state index in [-0.39, 0.29) is 12.6 Å². The molecule has 8 nitrogen and oxygen atoms in total. The van der Waals surface area contributed by atoms with E-state index >= 15 is 0 Å². The number of pyridine rings is 1. The number of anilines is 2. The Balaban J connectivity index is 1.52. The van der Waals surface area contributed by atoms with Crippen LogP contribution in [-0.2, 0) is 23.1 Å². The van der Waals surface area contributed by atoms with E-state index in [2.05, 4.69) is 15.2 Å². The summed E-state index contributed by atoms with van der Waals surface area (Å²) in [5.74, 6) is 0. The first kappa shape index (κ1) is 27.1. The SMILES string of the molecule is Cc1ccc(N(Cc2cc(CN3CCN(S(C)(=O)=O)CC3)ccc2Cl)C(=O)Nc2ccc(C)nc2)cc1. The minimum atomic E-state index is -3.17. The minimum absolute atomic E-state index is 0.280. The number of urea groups is 1. The zero-order chi connectivity index (χ0) is 26.6. The molecule has 37 heavy (non-hydrogen) atoms. The van der Waals surface area contributed by atoms with Gasteiger partial charge >= 0.3 is 6.03 Å². The molecule has 0 radical (unpaired) electrons. The fraction of sp³-hybridized carbons (Fsp3) is 0.333. The van der Waals surface area contributed by atoms with E-state index in [4.69, 9.17) is 11.6 Å². The summed E-state index contributed by atoms with van der Waals surface area (Å²) in [6.45, 7) is 7.13. The molecule has 0 spiro atoms. The highest BCUT2D eigenvalue weighted by atomic mass is 35.5. The van der Waals surface area contributed by atoms with Gasteiger partial charge < -0.3 is 5.32 Å². The molecule has 2 heterocycles. The third-order valence-corrected chi connectivity index (χ3v) is 8.07. The molecule has 4 rings (SSSR count). The van der Waals surface area contributed by atoms with Crippen LogP contribution in [0.4, 0.5) is 16.2 Å². The number of carbonyl (C=O) groups is 1. The van der Waals surface area contributed by atoms with Gasteiger partial charge in [-0.2, -0.15) is 4.31 Å². The smallest absolute Gasteiger partial charge is 0.306 e. The molecule has 0 unspecified atom stereocenters. The van der Waals surface area contributed by atoms with E-state index in [9.17, 15) is 13.2 Å². The van der Waals surface area contributed by atoms with Gasteiger partial charge in [-0.1, -0.05) is 41.4 Å². The van der Waals surface area contributed by atoms with E-state index in [0.717, 1.165) is 28.1 Å². The molecule has 2 amide bonds. The van der Waals surface area contributed by atoms with Gasteiger partial charge in [0.25, 0.3) is 0 Å². The Hall–Kier alpha value is -2.98. The summed E-state index contributed by atoms with van der Waals surface area (Å²) < 4.78 is 25.1. The molecule has 1 aliphatic heterocycles. The van der Waals surface area contributed by atoms with Crippen LogP contribution in [0.2, 0.25) is 5.02 Å². The number of aromatic nitrogens is 1. The number of piperazine rings is 1. The van der Waals surface area contributed by atoms with Crippen molar-refractivity contribution < 1.29 is 13.2 Å². The molecule has 196 valence electrons. The van der Waals surface area contributed by atoms with Crippen molar-refractivity contribution in [1.82, 2.24) is 14.2 Å². The molecule has 10 heteroatoms. The summed E-state index contributed by atoms with van der Waals surface area (Å²) in [6.07, 6.45) is 2.89. The van der Waals surface area contributed by atoms with Crippen LogP contribution in [0.1, 0.15) is 22.4 Å². The van der Waals surface area contributed by atoms with Gasteiger partial charge in [-0.25, -0.2) is 13.2 Å². The fourth-order valence-electron chi connectivity index (χ4n) is 4.23. The van der Waals surface area contributed by atoms with Gasteiger partial charge in [-0.3, -0.25) is 14.8 Å². The lowest BCUT2D eigenvalue weighted by atomic mass is 10.1. The van der Waals surface area contributed by atoms with E-state index in [1.807, 2.05) is 68.4 Å². The maximum absolute atomic E-state index is 13.4. The number of hydrogen-bond acceptors (Lipinski definition) is 5. The average Bonchev–Trinajstić information content (AvgIpc) is 2.86. The molecular formula is C27H32ClN5O3S. The number of nitrogens with one attached hydrogen (secondary N) is 1. The number of aryl methyl sites for hydroxylation is 2. The van der Waals surface area contributed by atoms with E-state index in [1.165, 1.54) is 10.6 Å². The largest absolute Gasteiger partial charge is 0.326 e. The molecule has 1 fully saturated rings. The lowest BCUT2D eigenvalue weighted by Gasteiger charge is -2.33. The molecule has 1 N–H and O–H groups in total. The van der Waals surface area contributed by atoms with Crippen molar-refractivity contribution in [3.8, 4) is 0 Å². The standard InChI is InChI=1S/C27H32ClN5O3S/c1-20-4-9-25(10-5-20)33(27(34)30-24-8-6-21(2)29-17-24)19-23-16-22(7-11-26(23)28)18-31-12-14-32(15-13-31)37(3,35)36/h4-11,16-17H,12-15,18-19H2,1-3H3,(H,30,34). The van der Waals surface area contributed by atoms with Crippen molar-refractivity contribution in [2.75, 3.05) is 42.7 Å². The molecule has 1 saturated heterocycles. The van der Waals surface area contributed by atoms with Crippen LogP contribution >= 0.6 is 11.6 Å². The number of hydrogen-bond donors (Lipinski definition) is 1. The van der Waals surface area contributed by atoms with Crippen molar-refractivity contribution in [2.45, 2.75) is 26.9 Å². The quantitative estimate of drug-likeness (QED) is 0.470. The van der Waals surface area contributed by atoms with E-state index < -0.39 is 10.0 Å². The first-order chi connectivity index (χ1) is 17.6. The Kier molecular flexibility index (Phi) is 8.49. The van der Waals surface area contributed by atoms with Crippen molar-refractivity contribution in [3.63, 3.8) is 0 Å². The number of nitrogens with zero attached hydrogens (tertiary/aromatic N) is 4. The first-order valence-electron chi connectivity index (χ1n) is 12.1. The second-order valence-corrected chi connectivity index (χ2v) is 11.8. The van der Waals surface area contributed by atoms with Gasteiger partial charge in [0.15, 0.2) is 0 Å². The number of benzene rings is 2. The average molecular weight is 542 g/mol. The minimum Gasteiger partial charge on any atom is -0.306 e. The summed E-state index contributed by atoms with van der Waals surface area (Å²) in [4.78, 5) is 21.5. The van der Waals surface area contributed by atoms with Gasteiger partial charge in [0, 0.05) is 49.1 Å². The predicted molar refractivity (Wildman–Crippen MR) is 149 cm³/mol. The lowest BCUT2D eigenvalue weighted by Crippen LogP contribution is -2.47. The number of rotatable bonds is 7. The molecule has 0 bridgehead atoms. The zero-order valence-corrected chi connectivity index (χ0v) is 22.9. The molecule has 2 aromatic carbocycles. The number of carbonyl (C=O) groups excluding carboxylic acids is 1. The Morgan fingerprint density at radius 3 is 2.35 bits per heavy atom. The van der Waals surface area contributed by atoms with E-state index in [0.29, 0.717) is 43.4 Å². The second kappa shape index (κ2) is 11.6. The summed E-state index contributed by atoms with van der Waals surface area (Å²) in [5.41, 5.74) is 5.21. The molecule has 1 aliphatic rings. The normalized spacial score (nSPS) is 14.9. The van der Waals surface area contributed by atoms with Crippen LogP contribution in [0.15, 0.2) is 60.8 Å². The second-order valence-electron chi connectivity index (χ2n) is 9.40. The van der Waals surface area contributed by atoms with Crippen molar-refractivity contribution in [3.05, 3.63) is 88.2 Å².